The van der Waals surface area contributed by atoms with Gasteiger partial charge in [-0.25, -0.2) is 0 Å². The van der Waals surface area contributed by atoms with Crippen LogP contribution < -0.4 is 10.1 Å². The maximum atomic E-state index is 10.2. The molecule has 0 aromatic heterocycles. The number of nitriles is 1. The molecule has 0 unspecified atom stereocenters. The number of nitrogens with zero attached hydrogens (tertiary/aromatic N) is 1. The standard InChI is InChI=1S/C17H26N2O2/c1-15(2,3)19-14-10-13(9-8-12(14)11-18)21-17(6,7)16(4,5)20/h8-10,19-20H,1-7H3. The fourth-order valence-electron chi connectivity index (χ4n) is 1.61. The van der Waals surface area contributed by atoms with Gasteiger partial charge in [0.25, 0.3) is 0 Å². The molecule has 4 nitrogen and oxygen atoms in total. The highest BCUT2D eigenvalue weighted by Gasteiger charge is 2.37. The molecule has 0 aliphatic rings. The summed E-state index contributed by atoms with van der Waals surface area (Å²) < 4.78 is 5.92. The van der Waals surface area contributed by atoms with Gasteiger partial charge < -0.3 is 15.2 Å². The minimum atomic E-state index is -0.988. The van der Waals surface area contributed by atoms with Gasteiger partial charge in [-0.3, -0.25) is 0 Å². The third-order valence-electron chi connectivity index (χ3n) is 3.47. The maximum Gasteiger partial charge on any atom is 0.131 e. The molecule has 1 rings (SSSR count). The van der Waals surface area contributed by atoms with Gasteiger partial charge in [0.2, 0.25) is 0 Å². The second kappa shape index (κ2) is 5.57. The number of aliphatic hydroxyl groups is 1. The molecule has 0 aliphatic heterocycles. The number of rotatable bonds is 4. The lowest BCUT2D eigenvalue weighted by molar-refractivity contribution is -0.0906. The maximum absolute atomic E-state index is 10.2. The Bertz CT molecular complexity index is 543. The lowest BCUT2D eigenvalue weighted by atomic mass is 9.89. The van der Waals surface area contributed by atoms with E-state index in [1.54, 1.807) is 32.0 Å². The molecule has 0 heterocycles. The normalized spacial score (nSPS) is 12.7. The molecule has 0 fully saturated rings. The highest BCUT2D eigenvalue weighted by atomic mass is 16.5. The Balaban J connectivity index is 3.13. The smallest absolute Gasteiger partial charge is 0.131 e. The third-order valence-corrected chi connectivity index (χ3v) is 3.47. The molecule has 1 aromatic rings. The monoisotopic (exact) mass is 290 g/mol. The molecule has 116 valence electrons. The molecular weight excluding hydrogens is 264 g/mol. The summed E-state index contributed by atoms with van der Waals surface area (Å²) in [6.45, 7) is 13.2. The molecule has 4 heteroatoms. The Kier molecular flexibility index (Phi) is 4.60. The van der Waals surface area contributed by atoms with Crippen LogP contribution >= 0.6 is 0 Å². The van der Waals surface area contributed by atoms with Crippen LogP contribution in [-0.4, -0.2) is 21.8 Å². The highest BCUT2D eigenvalue weighted by molar-refractivity contribution is 5.61. The van der Waals surface area contributed by atoms with E-state index >= 15 is 0 Å². The van der Waals surface area contributed by atoms with Gasteiger partial charge in [0, 0.05) is 11.6 Å². The van der Waals surface area contributed by atoms with E-state index in [0.717, 1.165) is 5.69 Å². The van der Waals surface area contributed by atoms with E-state index in [1.807, 2.05) is 34.6 Å². The average molecular weight is 290 g/mol. The van der Waals surface area contributed by atoms with Crippen LogP contribution in [0.15, 0.2) is 18.2 Å². The minimum absolute atomic E-state index is 0.157. The first kappa shape index (κ1) is 17.3. The van der Waals surface area contributed by atoms with Crippen molar-refractivity contribution < 1.29 is 9.84 Å². The van der Waals surface area contributed by atoms with Gasteiger partial charge in [-0.05, 0) is 60.6 Å². The molecule has 1 aromatic carbocycles. The largest absolute Gasteiger partial charge is 0.485 e. The molecule has 0 aliphatic carbocycles. The summed E-state index contributed by atoms with van der Waals surface area (Å²) in [5, 5.41) is 22.7. The Morgan fingerprint density at radius 3 is 2.10 bits per heavy atom. The van der Waals surface area contributed by atoms with Gasteiger partial charge >= 0.3 is 0 Å². The number of ether oxygens (including phenoxy) is 1. The Morgan fingerprint density at radius 2 is 1.67 bits per heavy atom. The van der Waals surface area contributed by atoms with Crippen molar-refractivity contribution in [2.75, 3.05) is 5.32 Å². The van der Waals surface area contributed by atoms with Crippen LogP contribution in [-0.2, 0) is 0 Å². The Morgan fingerprint density at radius 1 is 1.10 bits per heavy atom. The minimum Gasteiger partial charge on any atom is -0.485 e. The summed E-state index contributed by atoms with van der Waals surface area (Å²) >= 11 is 0. The zero-order chi connectivity index (χ0) is 16.5. The van der Waals surface area contributed by atoms with Crippen LogP contribution in [0.25, 0.3) is 0 Å². The number of hydrogen-bond acceptors (Lipinski definition) is 4. The van der Waals surface area contributed by atoms with Gasteiger partial charge in [-0.1, -0.05) is 0 Å². The quantitative estimate of drug-likeness (QED) is 0.887. The van der Waals surface area contributed by atoms with E-state index in [9.17, 15) is 10.4 Å². The van der Waals surface area contributed by atoms with Crippen molar-refractivity contribution in [3.05, 3.63) is 23.8 Å². The summed E-state index contributed by atoms with van der Waals surface area (Å²) in [5.41, 5.74) is -0.596. The molecule has 0 amide bonds. The van der Waals surface area contributed by atoms with Crippen molar-refractivity contribution in [1.29, 1.82) is 5.26 Å². The second-order valence-corrected chi connectivity index (χ2v) is 7.37. The van der Waals surface area contributed by atoms with Crippen molar-refractivity contribution in [2.45, 2.75) is 65.2 Å². The molecule has 0 spiro atoms. The summed E-state index contributed by atoms with van der Waals surface area (Å²) in [7, 11) is 0. The third kappa shape index (κ3) is 4.64. The molecule has 0 bridgehead atoms. The van der Waals surface area contributed by atoms with Crippen LogP contribution in [0.4, 0.5) is 5.69 Å². The Hall–Kier alpha value is -1.73. The summed E-state index contributed by atoms with van der Waals surface area (Å²) in [4.78, 5) is 0. The Labute approximate surface area is 127 Å². The van der Waals surface area contributed by atoms with E-state index in [1.165, 1.54) is 0 Å². The fraction of sp³-hybridized carbons (Fsp3) is 0.588. The van der Waals surface area contributed by atoms with E-state index in [2.05, 4.69) is 11.4 Å². The van der Waals surface area contributed by atoms with E-state index in [4.69, 9.17) is 4.74 Å². The van der Waals surface area contributed by atoms with E-state index < -0.39 is 11.2 Å². The lowest BCUT2D eigenvalue weighted by Gasteiger charge is -2.37. The molecule has 0 radical (unpaired) electrons. The first-order valence-electron chi connectivity index (χ1n) is 7.09. The first-order chi connectivity index (χ1) is 9.36. The van der Waals surface area contributed by atoms with Crippen molar-refractivity contribution in [1.82, 2.24) is 0 Å². The first-order valence-corrected chi connectivity index (χ1v) is 7.09. The van der Waals surface area contributed by atoms with Crippen molar-refractivity contribution in [2.24, 2.45) is 0 Å². The van der Waals surface area contributed by atoms with Gasteiger partial charge in [-0.15, -0.1) is 0 Å². The fourth-order valence-corrected chi connectivity index (χ4v) is 1.61. The van der Waals surface area contributed by atoms with E-state index in [0.29, 0.717) is 11.3 Å². The number of hydrogen-bond donors (Lipinski definition) is 2. The number of benzene rings is 1. The number of anilines is 1. The lowest BCUT2D eigenvalue weighted by Crippen LogP contribution is -2.49. The van der Waals surface area contributed by atoms with Crippen LogP contribution in [0.1, 0.15) is 54.0 Å². The van der Waals surface area contributed by atoms with Gasteiger partial charge in [-0.2, -0.15) is 5.26 Å². The van der Waals surface area contributed by atoms with E-state index in [-0.39, 0.29) is 5.54 Å². The average Bonchev–Trinajstić information content (AvgIpc) is 2.25. The molecule has 0 saturated heterocycles. The van der Waals surface area contributed by atoms with Crippen molar-refractivity contribution in [3.63, 3.8) is 0 Å². The predicted octanol–water partition coefficient (Wildman–Crippen LogP) is 3.70. The molecule has 2 N–H and O–H groups in total. The van der Waals surface area contributed by atoms with Crippen LogP contribution in [0.2, 0.25) is 0 Å². The van der Waals surface area contributed by atoms with Crippen molar-refractivity contribution in [3.8, 4) is 11.8 Å². The van der Waals surface area contributed by atoms with Crippen LogP contribution in [0, 0.1) is 11.3 Å². The molecule has 0 saturated carbocycles. The zero-order valence-electron chi connectivity index (χ0n) is 14.0. The summed E-state index contributed by atoms with van der Waals surface area (Å²) in [6.07, 6.45) is 0. The van der Waals surface area contributed by atoms with Gasteiger partial charge in [0.1, 0.15) is 17.4 Å². The molecular formula is C17H26N2O2. The van der Waals surface area contributed by atoms with Gasteiger partial charge in [0.05, 0.1) is 16.9 Å². The predicted molar refractivity (Wildman–Crippen MR) is 85.5 cm³/mol. The summed E-state index contributed by atoms with van der Waals surface area (Å²) in [5.74, 6) is 0.618. The van der Waals surface area contributed by atoms with Crippen LogP contribution in [0.5, 0.6) is 5.75 Å². The zero-order valence-corrected chi connectivity index (χ0v) is 14.0. The number of nitrogens with one attached hydrogen (secondary N) is 1. The topological polar surface area (TPSA) is 65.3 Å². The van der Waals surface area contributed by atoms with Gasteiger partial charge in [0.15, 0.2) is 0 Å². The van der Waals surface area contributed by atoms with Crippen LogP contribution in [0.3, 0.4) is 0 Å². The highest BCUT2D eigenvalue weighted by Crippen LogP contribution is 2.31. The second-order valence-electron chi connectivity index (χ2n) is 7.37. The molecule has 21 heavy (non-hydrogen) atoms. The SMILES string of the molecule is CC(C)(C)Nc1cc(OC(C)(C)C(C)(C)O)ccc1C#N. The summed E-state index contributed by atoms with van der Waals surface area (Å²) in [6, 6.07) is 7.45. The molecule has 0 atom stereocenters. The van der Waals surface area contributed by atoms with Crippen molar-refractivity contribution >= 4 is 5.69 Å².